The summed E-state index contributed by atoms with van der Waals surface area (Å²) in [6, 6.07) is 14.7. The first-order valence-corrected chi connectivity index (χ1v) is 11.5. The van der Waals surface area contributed by atoms with Crippen LogP contribution in [-0.4, -0.2) is 62.8 Å². The van der Waals surface area contributed by atoms with Gasteiger partial charge in [-0.1, -0.05) is 30.3 Å². The minimum Gasteiger partial charge on any atom is -0.308 e. The first-order chi connectivity index (χ1) is 14.3. The molecule has 0 spiro atoms. The van der Waals surface area contributed by atoms with E-state index in [2.05, 4.69) is 6.58 Å². The topological polar surface area (TPSA) is 60.9 Å². The number of carbonyl (C=O) groups excluding carboxylic acids is 1. The van der Waals surface area contributed by atoms with E-state index in [4.69, 9.17) is 0 Å². The first-order valence-electron chi connectivity index (χ1n) is 10.1. The highest BCUT2D eigenvalue weighted by Crippen LogP contribution is 2.21. The van der Waals surface area contributed by atoms with Crippen LogP contribution in [0.3, 0.4) is 0 Å². The summed E-state index contributed by atoms with van der Waals surface area (Å²) in [5, 5.41) is 0. The Labute approximate surface area is 179 Å². The molecule has 1 heterocycles. The number of aryl methyl sites for hydroxylation is 2. The van der Waals surface area contributed by atoms with Gasteiger partial charge in [-0.3, -0.25) is 9.69 Å². The zero-order valence-electron chi connectivity index (χ0n) is 17.6. The van der Waals surface area contributed by atoms with Crippen molar-refractivity contribution < 1.29 is 13.2 Å². The number of para-hydroxylation sites is 1. The van der Waals surface area contributed by atoms with E-state index in [1.165, 1.54) is 4.31 Å². The van der Waals surface area contributed by atoms with Gasteiger partial charge in [0.1, 0.15) is 0 Å². The number of amides is 1. The SMILES string of the molecule is C=CCN(C(=O)CN1CCN(S(=O)(=O)c2ccc(C)c(C)c2)CC1)c1ccccc1. The lowest BCUT2D eigenvalue weighted by Gasteiger charge is -2.34. The maximum absolute atomic E-state index is 13.0. The summed E-state index contributed by atoms with van der Waals surface area (Å²) in [5.41, 5.74) is 2.86. The Hall–Kier alpha value is -2.48. The Morgan fingerprint density at radius 3 is 2.30 bits per heavy atom. The third kappa shape index (κ3) is 4.98. The van der Waals surface area contributed by atoms with E-state index >= 15 is 0 Å². The van der Waals surface area contributed by atoms with E-state index in [0.29, 0.717) is 37.6 Å². The molecule has 2 aromatic carbocycles. The van der Waals surface area contributed by atoms with Crippen LogP contribution in [0.5, 0.6) is 0 Å². The largest absolute Gasteiger partial charge is 0.308 e. The molecular formula is C23H29N3O3S. The van der Waals surface area contributed by atoms with E-state index in [9.17, 15) is 13.2 Å². The Bertz CT molecular complexity index is 998. The molecule has 0 N–H and O–H groups in total. The van der Waals surface area contributed by atoms with Gasteiger partial charge in [0.15, 0.2) is 0 Å². The third-order valence-electron chi connectivity index (χ3n) is 5.49. The van der Waals surface area contributed by atoms with Crippen molar-refractivity contribution in [1.82, 2.24) is 9.21 Å². The molecule has 0 aromatic heterocycles. The van der Waals surface area contributed by atoms with Crippen LogP contribution in [0, 0.1) is 13.8 Å². The van der Waals surface area contributed by atoms with Gasteiger partial charge in [0.25, 0.3) is 0 Å². The van der Waals surface area contributed by atoms with Crippen LogP contribution >= 0.6 is 0 Å². The fourth-order valence-corrected chi connectivity index (χ4v) is 5.02. The van der Waals surface area contributed by atoms with Crippen LogP contribution in [0.25, 0.3) is 0 Å². The van der Waals surface area contributed by atoms with Crippen molar-refractivity contribution in [2.75, 3.05) is 44.2 Å². The van der Waals surface area contributed by atoms with Crippen LogP contribution in [0.15, 0.2) is 66.1 Å². The molecule has 0 atom stereocenters. The smallest absolute Gasteiger partial charge is 0.243 e. The standard InChI is InChI=1S/C23H29N3O3S/c1-4-12-26(21-8-6-5-7-9-21)23(27)18-24-13-15-25(16-14-24)30(28,29)22-11-10-19(2)20(3)17-22/h4-11,17H,1,12-16,18H2,2-3H3. The molecule has 0 saturated carbocycles. The van der Waals surface area contributed by atoms with Crippen molar-refractivity contribution in [2.24, 2.45) is 0 Å². The molecule has 160 valence electrons. The Kier molecular flexibility index (Phi) is 7.07. The molecule has 7 heteroatoms. The van der Waals surface area contributed by atoms with Crippen LogP contribution in [0.2, 0.25) is 0 Å². The van der Waals surface area contributed by atoms with Gasteiger partial charge in [-0.2, -0.15) is 4.31 Å². The number of carbonyl (C=O) groups is 1. The van der Waals surface area contributed by atoms with Crippen molar-refractivity contribution >= 4 is 21.6 Å². The summed E-state index contributed by atoms with van der Waals surface area (Å²) in [6.45, 7) is 10.1. The lowest BCUT2D eigenvalue weighted by molar-refractivity contribution is -0.119. The van der Waals surface area contributed by atoms with Crippen molar-refractivity contribution in [3.63, 3.8) is 0 Å². The maximum atomic E-state index is 13.0. The number of hydrogen-bond donors (Lipinski definition) is 0. The van der Waals surface area contributed by atoms with Gasteiger partial charge in [0.2, 0.25) is 15.9 Å². The number of rotatable bonds is 7. The van der Waals surface area contributed by atoms with Crippen molar-refractivity contribution in [3.8, 4) is 0 Å². The molecule has 1 amide bonds. The van der Waals surface area contributed by atoms with E-state index in [0.717, 1.165) is 16.8 Å². The maximum Gasteiger partial charge on any atom is 0.243 e. The van der Waals surface area contributed by atoms with Gasteiger partial charge in [-0.15, -0.1) is 6.58 Å². The first kappa shape index (κ1) is 22.2. The molecule has 1 saturated heterocycles. The molecule has 1 fully saturated rings. The van der Waals surface area contributed by atoms with Gasteiger partial charge in [0.05, 0.1) is 11.4 Å². The van der Waals surface area contributed by atoms with Gasteiger partial charge >= 0.3 is 0 Å². The Morgan fingerprint density at radius 1 is 1.03 bits per heavy atom. The molecular weight excluding hydrogens is 398 g/mol. The second-order valence-electron chi connectivity index (χ2n) is 7.55. The molecule has 30 heavy (non-hydrogen) atoms. The summed E-state index contributed by atoms with van der Waals surface area (Å²) in [7, 11) is -3.52. The molecule has 0 radical (unpaired) electrons. The predicted molar refractivity (Wildman–Crippen MR) is 120 cm³/mol. The zero-order valence-corrected chi connectivity index (χ0v) is 18.4. The normalized spacial score (nSPS) is 15.7. The van der Waals surface area contributed by atoms with Crippen LogP contribution in [0.1, 0.15) is 11.1 Å². The number of benzene rings is 2. The fraction of sp³-hybridized carbons (Fsp3) is 0.348. The highest BCUT2D eigenvalue weighted by molar-refractivity contribution is 7.89. The van der Waals surface area contributed by atoms with Gasteiger partial charge in [-0.05, 0) is 49.2 Å². The van der Waals surface area contributed by atoms with E-state index in [-0.39, 0.29) is 12.5 Å². The summed E-state index contributed by atoms with van der Waals surface area (Å²) in [6.07, 6.45) is 1.71. The Balaban J connectivity index is 1.62. The van der Waals surface area contributed by atoms with E-state index in [1.54, 1.807) is 23.1 Å². The van der Waals surface area contributed by atoms with Gasteiger partial charge in [0, 0.05) is 38.4 Å². The second kappa shape index (κ2) is 9.55. The molecule has 1 aliphatic rings. The summed E-state index contributed by atoms with van der Waals surface area (Å²) < 4.78 is 27.5. The molecule has 1 aliphatic heterocycles. The number of nitrogens with zero attached hydrogens (tertiary/aromatic N) is 3. The molecule has 3 rings (SSSR count). The number of piperazine rings is 1. The van der Waals surface area contributed by atoms with Crippen molar-refractivity contribution in [3.05, 3.63) is 72.3 Å². The molecule has 0 aliphatic carbocycles. The quantitative estimate of drug-likeness (QED) is 0.638. The summed E-state index contributed by atoms with van der Waals surface area (Å²) in [4.78, 5) is 16.9. The number of hydrogen-bond acceptors (Lipinski definition) is 4. The Morgan fingerprint density at radius 2 is 1.70 bits per heavy atom. The molecule has 0 unspecified atom stereocenters. The third-order valence-corrected chi connectivity index (χ3v) is 7.38. The van der Waals surface area contributed by atoms with Gasteiger partial charge in [-0.25, -0.2) is 8.42 Å². The lowest BCUT2D eigenvalue weighted by atomic mass is 10.1. The van der Waals surface area contributed by atoms with Crippen LogP contribution in [-0.2, 0) is 14.8 Å². The molecule has 0 bridgehead atoms. The minimum atomic E-state index is -3.52. The summed E-state index contributed by atoms with van der Waals surface area (Å²) in [5.74, 6) is -0.0217. The molecule has 6 nitrogen and oxygen atoms in total. The number of sulfonamides is 1. The summed E-state index contributed by atoms with van der Waals surface area (Å²) >= 11 is 0. The van der Waals surface area contributed by atoms with Gasteiger partial charge < -0.3 is 4.90 Å². The molecule has 2 aromatic rings. The van der Waals surface area contributed by atoms with E-state index in [1.807, 2.05) is 55.1 Å². The van der Waals surface area contributed by atoms with Crippen molar-refractivity contribution in [2.45, 2.75) is 18.7 Å². The van der Waals surface area contributed by atoms with E-state index < -0.39 is 10.0 Å². The highest BCUT2D eigenvalue weighted by atomic mass is 32.2. The lowest BCUT2D eigenvalue weighted by Crippen LogP contribution is -2.51. The second-order valence-corrected chi connectivity index (χ2v) is 9.49. The van der Waals surface area contributed by atoms with Crippen LogP contribution in [0.4, 0.5) is 5.69 Å². The predicted octanol–water partition coefficient (Wildman–Crippen LogP) is 2.83. The van der Waals surface area contributed by atoms with Crippen LogP contribution < -0.4 is 4.90 Å². The zero-order chi connectivity index (χ0) is 21.7. The highest BCUT2D eigenvalue weighted by Gasteiger charge is 2.30. The minimum absolute atomic E-state index is 0.0217. The number of anilines is 1. The average molecular weight is 428 g/mol. The van der Waals surface area contributed by atoms with Crippen molar-refractivity contribution in [1.29, 1.82) is 0 Å². The average Bonchev–Trinajstić information content (AvgIpc) is 2.74. The monoisotopic (exact) mass is 427 g/mol. The fourth-order valence-electron chi connectivity index (χ4n) is 3.52.